The fourth-order valence-electron chi connectivity index (χ4n) is 3.91. The maximum absolute atomic E-state index is 13.5. The molecular weight excluding hydrogens is 463 g/mol. The third-order valence-electron chi connectivity index (χ3n) is 5.81. The monoisotopic (exact) mass is 496 g/mol. The van der Waals surface area contributed by atoms with Crippen LogP contribution in [0.1, 0.15) is 40.8 Å². The first-order chi connectivity index (χ1) is 17.3. The zero-order valence-corrected chi connectivity index (χ0v) is 21.3. The Morgan fingerprint density at radius 2 is 1.64 bits per heavy atom. The van der Waals surface area contributed by atoms with E-state index in [1.165, 1.54) is 29.2 Å². The van der Waals surface area contributed by atoms with Crippen molar-refractivity contribution in [2.45, 2.75) is 33.2 Å². The van der Waals surface area contributed by atoms with Crippen LogP contribution in [-0.4, -0.2) is 55.5 Å². The number of halogens is 1. The summed E-state index contributed by atoms with van der Waals surface area (Å²) in [5, 5.41) is 0. The summed E-state index contributed by atoms with van der Waals surface area (Å²) in [6, 6.07) is 14.7. The summed E-state index contributed by atoms with van der Waals surface area (Å²) in [4.78, 5) is 29.7. The highest BCUT2D eigenvalue weighted by atomic mass is 19.1. The van der Waals surface area contributed by atoms with E-state index >= 15 is 0 Å². The molecule has 2 amide bonds. The minimum Gasteiger partial charge on any atom is -0.493 e. The van der Waals surface area contributed by atoms with Crippen LogP contribution in [0.25, 0.3) is 0 Å². The molecule has 0 bridgehead atoms. The summed E-state index contributed by atoms with van der Waals surface area (Å²) in [7, 11) is 3.16. The van der Waals surface area contributed by atoms with Crippen LogP contribution in [0.2, 0.25) is 0 Å². The second-order valence-corrected chi connectivity index (χ2v) is 8.50. The molecule has 0 aliphatic rings. The molecule has 0 radical (unpaired) electrons. The number of rotatable bonds is 12. The number of hydrogen-bond donors (Lipinski definition) is 0. The number of carbonyl (C=O) groups excluding carboxylic acids is 2. The van der Waals surface area contributed by atoms with Crippen LogP contribution in [0.5, 0.6) is 11.5 Å². The summed E-state index contributed by atoms with van der Waals surface area (Å²) in [6.45, 7) is 4.81. The third kappa shape index (κ3) is 7.10. The van der Waals surface area contributed by atoms with Crippen molar-refractivity contribution in [2.24, 2.45) is 0 Å². The molecule has 0 spiro atoms. The number of methoxy groups -OCH3 is 2. The van der Waals surface area contributed by atoms with Gasteiger partial charge in [0.2, 0.25) is 5.91 Å². The molecule has 3 aromatic rings. The van der Waals surface area contributed by atoms with Gasteiger partial charge in [-0.3, -0.25) is 9.59 Å². The molecule has 0 unspecified atom stereocenters. The van der Waals surface area contributed by atoms with Gasteiger partial charge in [0.1, 0.15) is 23.9 Å². The van der Waals surface area contributed by atoms with Crippen LogP contribution in [0.15, 0.2) is 59.0 Å². The predicted octanol–water partition coefficient (Wildman–Crippen LogP) is 4.87. The normalized spacial score (nSPS) is 10.7. The van der Waals surface area contributed by atoms with Gasteiger partial charge in [-0.05, 0) is 73.9 Å². The average molecular weight is 497 g/mol. The Morgan fingerprint density at radius 1 is 0.917 bits per heavy atom. The standard InChI is InChI=1S/C28H33FN2O5/c1-5-15-31(28(33)22-8-10-23(29)11-9-22)19-27(32)30(18-24-12-6-20(2)36-24)16-14-21-7-13-25(34-3)26(17-21)35-4/h6-13,17H,5,14-16,18-19H2,1-4H3. The Morgan fingerprint density at radius 3 is 2.25 bits per heavy atom. The first-order valence-corrected chi connectivity index (χ1v) is 11.9. The maximum Gasteiger partial charge on any atom is 0.254 e. The van der Waals surface area contributed by atoms with Crippen molar-refractivity contribution < 1.29 is 27.9 Å². The lowest BCUT2D eigenvalue weighted by molar-refractivity contribution is -0.132. The van der Waals surface area contributed by atoms with Crippen molar-refractivity contribution in [1.29, 1.82) is 0 Å². The molecule has 192 valence electrons. The van der Waals surface area contributed by atoms with Gasteiger partial charge in [-0.2, -0.15) is 0 Å². The molecule has 0 saturated carbocycles. The van der Waals surface area contributed by atoms with Crippen molar-refractivity contribution in [2.75, 3.05) is 33.9 Å². The van der Waals surface area contributed by atoms with Gasteiger partial charge in [0.25, 0.3) is 5.91 Å². The van der Waals surface area contributed by atoms with Gasteiger partial charge in [0.05, 0.1) is 20.8 Å². The van der Waals surface area contributed by atoms with E-state index in [9.17, 15) is 14.0 Å². The molecule has 1 heterocycles. The van der Waals surface area contributed by atoms with E-state index < -0.39 is 5.82 Å². The molecule has 0 aliphatic carbocycles. The first kappa shape index (κ1) is 26.8. The van der Waals surface area contributed by atoms with E-state index in [-0.39, 0.29) is 24.9 Å². The summed E-state index contributed by atoms with van der Waals surface area (Å²) < 4.78 is 29.8. The minimum absolute atomic E-state index is 0.0876. The average Bonchev–Trinajstić information content (AvgIpc) is 3.30. The fourth-order valence-corrected chi connectivity index (χ4v) is 3.91. The molecule has 36 heavy (non-hydrogen) atoms. The topological polar surface area (TPSA) is 72.2 Å². The summed E-state index contributed by atoms with van der Waals surface area (Å²) in [6.07, 6.45) is 1.26. The van der Waals surface area contributed by atoms with Gasteiger partial charge >= 0.3 is 0 Å². The maximum atomic E-state index is 13.5. The lowest BCUT2D eigenvalue weighted by atomic mass is 10.1. The van der Waals surface area contributed by atoms with E-state index in [4.69, 9.17) is 13.9 Å². The van der Waals surface area contributed by atoms with Crippen LogP contribution in [0, 0.1) is 12.7 Å². The Hall–Kier alpha value is -3.81. The number of carbonyl (C=O) groups is 2. The van der Waals surface area contributed by atoms with Crippen LogP contribution in [0.4, 0.5) is 4.39 Å². The van der Waals surface area contributed by atoms with Crippen LogP contribution in [-0.2, 0) is 17.8 Å². The second kappa shape index (κ2) is 12.8. The largest absolute Gasteiger partial charge is 0.493 e. The molecule has 0 N–H and O–H groups in total. The van der Waals surface area contributed by atoms with Gasteiger partial charge in [-0.25, -0.2) is 4.39 Å². The molecule has 3 rings (SSSR count). The Labute approximate surface area is 211 Å². The molecular formula is C28H33FN2O5. The third-order valence-corrected chi connectivity index (χ3v) is 5.81. The lowest BCUT2D eigenvalue weighted by Gasteiger charge is -2.27. The smallest absolute Gasteiger partial charge is 0.254 e. The van der Waals surface area contributed by atoms with E-state index in [0.717, 1.165) is 11.3 Å². The van der Waals surface area contributed by atoms with Gasteiger partial charge in [-0.1, -0.05) is 13.0 Å². The fraction of sp³-hybridized carbons (Fsp3) is 0.357. The SMILES string of the molecule is CCCN(CC(=O)N(CCc1ccc(OC)c(OC)c1)Cc1ccc(C)o1)C(=O)c1ccc(F)cc1. The number of amides is 2. The number of hydrogen-bond acceptors (Lipinski definition) is 5. The van der Waals surface area contributed by atoms with E-state index in [0.29, 0.717) is 48.8 Å². The Balaban J connectivity index is 1.77. The number of furan rings is 1. The zero-order valence-electron chi connectivity index (χ0n) is 21.3. The highest BCUT2D eigenvalue weighted by molar-refractivity contribution is 5.96. The quantitative estimate of drug-likeness (QED) is 0.358. The molecule has 0 fully saturated rings. The van der Waals surface area contributed by atoms with Gasteiger partial charge in [-0.15, -0.1) is 0 Å². The van der Waals surface area contributed by atoms with Gasteiger partial charge in [0, 0.05) is 18.7 Å². The minimum atomic E-state index is -0.417. The zero-order chi connectivity index (χ0) is 26.1. The first-order valence-electron chi connectivity index (χ1n) is 11.9. The van der Waals surface area contributed by atoms with Crippen molar-refractivity contribution in [3.63, 3.8) is 0 Å². The van der Waals surface area contributed by atoms with Gasteiger partial charge < -0.3 is 23.7 Å². The Bertz CT molecular complexity index is 1160. The molecule has 0 atom stereocenters. The molecule has 7 nitrogen and oxygen atoms in total. The molecule has 2 aromatic carbocycles. The van der Waals surface area contributed by atoms with Crippen LogP contribution in [0.3, 0.4) is 0 Å². The molecule has 0 saturated heterocycles. The summed E-state index contributed by atoms with van der Waals surface area (Å²) in [5.74, 6) is 1.76. The highest BCUT2D eigenvalue weighted by Crippen LogP contribution is 2.28. The molecule has 1 aromatic heterocycles. The highest BCUT2D eigenvalue weighted by Gasteiger charge is 2.23. The lowest BCUT2D eigenvalue weighted by Crippen LogP contribution is -2.43. The van der Waals surface area contributed by atoms with Gasteiger partial charge in [0.15, 0.2) is 11.5 Å². The van der Waals surface area contributed by atoms with Crippen LogP contribution >= 0.6 is 0 Å². The van der Waals surface area contributed by atoms with Crippen molar-refractivity contribution >= 4 is 11.8 Å². The number of benzene rings is 2. The summed E-state index contributed by atoms with van der Waals surface area (Å²) in [5.41, 5.74) is 1.32. The number of ether oxygens (including phenoxy) is 2. The number of aryl methyl sites for hydroxylation is 1. The molecule has 0 aliphatic heterocycles. The van der Waals surface area contributed by atoms with Crippen molar-refractivity contribution in [3.05, 3.63) is 83.1 Å². The predicted molar refractivity (Wildman–Crippen MR) is 135 cm³/mol. The van der Waals surface area contributed by atoms with Crippen molar-refractivity contribution in [3.8, 4) is 11.5 Å². The second-order valence-electron chi connectivity index (χ2n) is 8.50. The van der Waals surface area contributed by atoms with E-state index in [2.05, 4.69) is 0 Å². The summed E-state index contributed by atoms with van der Waals surface area (Å²) >= 11 is 0. The molecule has 8 heteroatoms. The van der Waals surface area contributed by atoms with E-state index in [1.54, 1.807) is 19.1 Å². The number of nitrogens with zero attached hydrogens (tertiary/aromatic N) is 2. The Kier molecular flexibility index (Phi) is 9.50. The van der Waals surface area contributed by atoms with Crippen molar-refractivity contribution in [1.82, 2.24) is 9.80 Å². The van der Waals surface area contributed by atoms with Crippen LogP contribution < -0.4 is 9.47 Å². The van der Waals surface area contributed by atoms with E-state index in [1.807, 2.05) is 44.2 Å².